The summed E-state index contributed by atoms with van der Waals surface area (Å²) in [6.07, 6.45) is 0. The number of aryl methyl sites for hydroxylation is 1. The lowest BCUT2D eigenvalue weighted by Crippen LogP contribution is -2.16. The summed E-state index contributed by atoms with van der Waals surface area (Å²) in [5.41, 5.74) is 0.784. The molecule has 11 heteroatoms. The number of thiophene rings is 1. The van der Waals surface area contributed by atoms with Gasteiger partial charge in [-0.1, -0.05) is 23.9 Å². The van der Waals surface area contributed by atoms with Gasteiger partial charge in [-0.3, -0.25) is 14.9 Å². The molecule has 0 saturated carbocycles. The first-order valence-corrected chi connectivity index (χ1v) is 9.35. The summed E-state index contributed by atoms with van der Waals surface area (Å²) in [6, 6.07) is 8.57. The zero-order chi connectivity index (χ0) is 18.5. The number of nitrogens with zero attached hydrogens (tertiary/aromatic N) is 5. The lowest BCUT2D eigenvalue weighted by atomic mass is 10.2. The molecule has 1 amide bonds. The summed E-state index contributed by atoms with van der Waals surface area (Å²) in [5.74, 6) is -0.330. The van der Waals surface area contributed by atoms with Gasteiger partial charge in [0.15, 0.2) is 0 Å². The number of nitro groups is 1. The fourth-order valence-corrected chi connectivity index (χ4v) is 3.53. The van der Waals surface area contributed by atoms with Crippen LogP contribution in [0, 0.1) is 17.0 Å². The number of hydrogen-bond acceptors (Lipinski definition) is 8. The van der Waals surface area contributed by atoms with Crippen molar-refractivity contribution in [1.29, 1.82) is 0 Å². The van der Waals surface area contributed by atoms with Crippen LogP contribution in [0.15, 0.2) is 40.9 Å². The van der Waals surface area contributed by atoms with Crippen molar-refractivity contribution in [2.45, 2.75) is 18.6 Å². The van der Waals surface area contributed by atoms with Crippen molar-refractivity contribution in [3.05, 3.63) is 56.3 Å². The van der Waals surface area contributed by atoms with Crippen LogP contribution in [-0.4, -0.2) is 36.8 Å². The summed E-state index contributed by atoms with van der Waals surface area (Å²) < 4.78 is 1.61. The van der Waals surface area contributed by atoms with Crippen LogP contribution in [0.2, 0.25) is 0 Å². The molecule has 2 aromatic heterocycles. The summed E-state index contributed by atoms with van der Waals surface area (Å²) in [7, 11) is 0. The first kappa shape index (κ1) is 18.0. The molecular weight excluding hydrogens is 376 g/mol. The summed E-state index contributed by atoms with van der Waals surface area (Å²) in [6.45, 7) is 2.28. The van der Waals surface area contributed by atoms with Crippen LogP contribution in [0.5, 0.6) is 0 Å². The van der Waals surface area contributed by atoms with Crippen molar-refractivity contribution in [2.24, 2.45) is 0 Å². The third kappa shape index (κ3) is 4.43. The molecule has 3 aromatic rings. The van der Waals surface area contributed by atoms with E-state index in [2.05, 4.69) is 20.8 Å². The number of tetrazole rings is 1. The van der Waals surface area contributed by atoms with Gasteiger partial charge in [-0.15, -0.1) is 16.4 Å². The molecule has 0 aliphatic carbocycles. The van der Waals surface area contributed by atoms with E-state index < -0.39 is 4.92 Å². The summed E-state index contributed by atoms with van der Waals surface area (Å²) in [4.78, 5) is 23.9. The van der Waals surface area contributed by atoms with Gasteiger partial charge in [0, 0.05) is 10.9 Å². The number of aromatic nitrogens is 4. The van der Waals surface area contributed by atoms with Gasteiger partial charge in [0.1, 0.15) is 5.69 Å². The molecule has 0 atom stereocenters. The predicted octanol–water partition coefficient (Wildman–Crippen LogP) is 2.73. The smallest absolute Gasteiger partial charge is 0.293 e. The van der Waals surface area contributed by atoms with Gasteiger partial charge in [-0.25, -0.2) is 4.68 Å². The Hall–Kier alpha value is -2.79. The van der Waals surface area contributed by atoms with E-state index in [0.29, 0.717) is 11.7 Å². The number of nitro benzene ring substituents is 1. The van der Waals surface area contributed by atoms with E-state index in [-0.39, 0.29) is 23.0 Å². The molecule has 26 heavy (non-hydrogen) atoms. The van der Waals surface area contributed by atoms with Crippen LogP contribution in [0.3, 0.4) is 0 Å². The third-order valence-corrected chi connectivity index (χ3v) is 5.16. The van der Waals surface area contributed by atoms with Gasteiger partial charge in [0.2, 0.25) is 11.1 Å². The first-order valence-electron chi connectivity index (χ1n) is 7.49. The average Bonchev–Trinajstić information content (AvgIpc) is 3.27. The largest absolute Gasteiger partial charge is 0.320 e. The highest BCUT2D eigenvalue weighted by Gasteiger charge is 2.17. The standard InChI is InChI=1S/C15H14N6O3S2/c1-10-4-5-12(13(7-10)21(23)24)16-14(22)9-26-15-17-18-19-20(15)8-11-3-2-6-25-11/h2-7H,8-9H2,1H3,(H,16,22). The van der Waals surface area contributed by atoms with Crippen LogP contribution in [0.1, 0.15) is 10.4 Å². The molecule has 134 valence electrons. The van der Waals surface area contributed by atoms with Crippen molar-refractivity contribution in [3.8, 4) is 0 Å². The summed E-state index contributed by atoms with van der Waals surface area (Å²) in [5, 5.41) is 27.6. The highest BCUT2D eigenvalue weighted by molar-refractivity contribution is 7.99. The second-order valence-electron chi connectivity index (χ2n) is 5.31. The highest BCUT2D eigenvalue weighted by Crippen LogP contribution is 2.26. The zero-order valence-electron chi connectivity index (χ0n) is 13.7. The van der Waals surface area contributed by atoms with Gasteiger partial charge < -0.3 is 5.32 Å². The minimum Gasteiger partial charge on any atom is -0.320 e. The van der Waals surface area contributed by atoms with Gasteiger partial charge >= 0.3 is 0 Å². The second kappa shape index (κ2) is 8.06. The number of nitrogens with one attached hydrogen (secondary N) is 1. The highest BCUT2D eigenvalue weighted by atomic mass is 32.2. The van der Waals surface area contributed by atoms with Crippen LogP contribution in [0.25, 0.3) is 0 Å². The van der Waals surface area contributed by atoms with E-state index in [1.54, 1.807) is 29.0 Å². The average molecular weight is 390 g/mol. The fraction of sp³-hybridized carbons (Fsp3) is 0.200. The number of carbonyl (C=O) groups excluding carboxylic acids is 1. The molecule has 1 N–H and O–H groups in total. The molecule has 2 heterocycles. The molecule has 0 saturated heterocycles. The molecule has 0 aliphatic heterocycles. The van der Waals surface area contributed by atoms with Gasteiger partial charge in [0.05, 0.1) is 17.2 Å². The minimum atomic E-state index is -0.517. The number of anilines is 1. The molecule has 1 aromatic carbocycles. The van der Waals surface area contributed by atoms with Crippen molar-refractivity contribution in [1.82, 2.24) is 20.2 Å². The molecule has 0 radical (unpaired) electrons. The van der Waals surface area contributed by atoms with Crippen LogP contribution < -0.4 is 5.32 Å². The molecule has 0 aliphatic rings. The van der Waals surface area contributed by atoms with Gasteiger partial charge in [0.25, 0.3) is 5.69 Å². The number of thioether (sulfide) groups is 1. The molecule has 9 nitrogen and oxygen atoms in total. The van der Waals surface area contributed by atoms with Crippen LogP contribution in [0.4, 0.5) is 11.4 Å². The molecule has 0 fully saturated rings. The molecule has 0 spiro atoms. The third-order valence-electron chi connectivity index (χ3n) is 3.34. The van der Waals surface area contributed by atoms with Crippen molar-refractivity contribution < 1.29 is 9.72 Å². The Balaban J connectivity index is 1.62. The molecular formula is C15H14N6O3S2. The summed E-state index contributed by atoms with van der Waals surface area (Å²) >= 11 is 2.76. The molecule has 0 bridgehead atoms. The van der Waals surface area contributed by atoms with Crippen LogP contribution in [-0.2, 0) is 11.3 Å². The van der Waals surface area contributed by atoms with Crippen LogP contribution >= 0.6 is 23.1 Å². The van der Waals surface area contributed by atoms with Crippen molar-refractivity contribution in [3.63, 3.8) is 0 Å². The number of carbonyl (C=O) groups is 1. The number of rotatable bonds is 7. The number of hydrogen-bond donors (Lipinski definition) is 1. The SMILES string of the molecule is Cc1ccc(NC(=O)CSc2nnnn2Cc2cccs2)c([N+](=O)[O-])c1. The lowest BCUT2D eigenvalue weighted by molar-refractivity contribution is -0.384. The van der Waals surface area contributed by atoms with Gasteiger partial charge in [-0.2, -0.15) is 0 Å². The Kier molecular flexibility index (Phi) is 5.58. The Morgan fingerprint density at radius 2 is 2.27 bits per heavy atom. The Morgan fingerprint density at radius 3 is 3.00 bits per heavy atom. The van der Waals surface area contributed by atoms with Crippen molar-refractivity contribution >= 4 is 40.4 Å². The Labute approximate surface area is 156 Å². The number of amides is 1. The first-order chi connectivity index (χ1) is 12.5. The van der Waals surface area contributed by atoms with E-state index in [4.69, 9.17) is 0 Å². The molecule has 3 rings (SSSR count). The van der Waals surface area contributed by atoms with Gasteiger partial charge in [-0.05, 0) is 40.4 Å². The maximum atomic E-state index is 12.2. The lowest BCUT2D eigenvalue weighted by Gasteiger charge is -2.07. The van der Waals surface area contributed by atoms with E-state index in [0.717, 1.165) is 10.4 Å². The Morgan fingerprint density at radius 1 is 1.42 bits per heavy atom. The van der Waals surface area contributed by atoms with E-state index >= 15 is 0 Å². The normalized spacial score (nSPS) is 10.7. The Bertz CT molecular complexity index is 925. The zero-order valence-corrected chi connectivity index (χ0v) is 15.3. The maximum absolute atomic E-state index is 12.2. The van der Waals surface area contributed by atoms with Crippen molar-refractivity contribution in [2.75, 3.05) is 11.1 Å². The van der Waals surface area contributed by atoms with E-state index in [9.17, 15) is 14.9 Å². The van der Waals surface area contributed by atoms with E-state index in [1.165, 1.54) is 23.9 Å². The fourth-order valence-electron chi connectivity index (χ4n) is 2.16. The predicted molar refractivity (Wildman–Crippen MR) is 98.4 cm³/mol. The maximum Gasteiger partial charge on any atom is 0.293 e. The monoisotopic (exact) mass is 390 g/mol. The van der Waals surface area contributed by atoms with E-state index in [1.807, 2.05) is 17.5 Å². The molecule has 0 unspecified atom stereocenters. The number of benzene rings is 1. The quantitative estimate of drug-likeness (QED) is 0.374. The topological polar surface area (TPSA) is 116 Å². The second-order valence-corrected chi connectivity index (χ2v) is 7.29. The minimum absolute atomic E-state index is 0.0375.